The van der Waals surface area contributed by atoms with Gasteiger partial charge in [0.2, 0.25) is 10.0 Å². The average molecular weight is 304 g/mol. The van der Waals surface area contributed by atoms with Crippen molar-refractivity contribution in [1.29, 1.82) is 0 Å². The second kappa shape index (κ2) is 6.38. The average Bonchev–Trinajstić information content (AvgIpc) is 2.70. The third kappa shape index (κ3) is 3.38. The topological polar surface area (TPSA) is 112 Å². The van der Waals surface area contributed by atoms with Gasteiger partial charge in [0.1, 0.15) is 22.0 Å². The molecule has 0 aliphatic heterocycles. The minimum Gasteiger partial charge on any atom is -0.465 e. The van der Waals surface area contributed by atoms with Crippen LogP contribution in [0.1, 0.15) is 35.2 Å². The Balaban J connectivity index is 3.21. The van der Waals surface area contributed by atoms with E-state index in [2.05, 4.69) is 9.46 Å². The molecular weight excluding hydrogens is 284 g/mol. The second-order valence-corrected chi connectivity index (χ2v) is 6.13. The highest BCUT2D eigenvalue weighted by atomic mass is 32.2. The number of methoxy groups -OCH3 is 1. The molecule has 0 radical (unpaired) electrons. The van der Waals surface area contributed by atoms with Crippen molar-refractivity contribution in [2.75, 3.05) is 13.7 Å². The zero-order chi connectivity index (χ0) is 15.5. The Labute approximate surface area is 118 Å². The van der Waals surface area contributed by atoms with Crippen molar-refractivity contribution in [2.24, 2.45) is 5.73 Å². The fraction of sp³-hybridized carbons (Fsp3) is 0.583. The number of aryl methyl sites for hydroxylation is 2. The van der Waals surface area contributed by atoms with Crippen molar-refractivity contribution < 1.29 is 22.4 Å². The lowest BCUT2D eigenvalue weighted by atomic mass is 10.2. The van der Waals surface area contributed by atoms with E-state index < -0.39 is 16.0 Å². The molecule has 114 valence electrons. The number of ether oxygens (including phenoxy) is 1. The van der Waals surface area contributed by atoms with Crippen LogP contribution in [-0.2, 0) is 14.8 Å². The minimum absolute atomic E-state index is 0.0810. The lowest BCUT2D eigenvalue weighted by Gasteiger charge is -2.11. The van der Waals surface area contributed by atoms with Gasteiger partial charge in [-0.15, -0.1) is 0 Å². The molecule has 1 atom stereocenters. The van der Waals surface area contributed by atoms with Gasteiger partial charge in [-0.05, 0) is 20.3 Å². The number of nitrogens with two attached hydrogens (primary N) is 1. The van der Waals surface area contributed by atoms with Crippen molar-refractivity contribution in [3.63, 3.8) is 0 Å². The first-order valence-corrected chi connectivity index (χ1v) is 7.66. The molecule has 0 aromatic carbocycles. The Kier molecular flexibility index (Phi) is 5.32. The summed E-state index contributed by atoms with van der Waals surface area (Å²) in [5.74, 6) is -0.408. The maximum absolute atomic E-state index is 12.3. The monoisotopic (exact) mass is 304 g/mol. The predicted octanol–water partition coefficient (Wildman–Crippen LogP) is 0.699. The molecule has 1 aromatic heterocycles. The van der Waals surface area contributed by atoms with Crippen LogP contribution < -0.4 is 10.5 Å². The third-order valence-electron chi connectivity index (χ3n) is 2.92. The molecule has 1 rings (SSSR count). The van der Waals surface area contributed by atoms with Gasteiger partial charge in [-0.3, -0.25) is 0 Å². The Morgan fingerprint density at radius 3 is 2.50 bits per heavy atom. The van der Waals surface area contributed by atoms with Gasteiger partial charge in [0.05, 0.1) is 7.11 Å². The predicted molar refractivity (Wildman–Crippen MR) is 73.0 cm³/mol. The number of esters is 1. The van der Waals surface area contributed by atoms with Gasteiger partial charge in [0.15, 0.2) is 0 Å². The lowest BCUT2D eigenvalue weighted by Crippen LogP contribution is -2.37. The number of carbonyl (C=O) groups is 1. The summed E-state index contributed by atoms with van der Waals surface area (Å²) in [6.07, 6.45) is 0.635. The molecule has 0 saturated heterocycles. The molecule has 0 aliphatic carbocycles. The Morgan fingerprint density at radius 2 is 2.00 bits per heavy atom. The van der Waals surface area contributed by atoms with Crippen LogP contribution in [0.15, 0.2) is 9.31 Å². The van der Waals surface area contributed by atoms with Crippen molar-refractivity contribution in [1.82, 2.24) is 4.72 Å². The number of sulfonamides is 1. The number of nitrogens with one attached hydrogen (secondary N) is 1. The standard InChI is InChI=1S/C12H20N2O5S/c1-5-9(13)6-14-20(16,17)11-8(3)19-7(2)10(11)12(15)18-4/h9,14H,5-6,13H2,1-4H3. The summed E-state index contributed by atoms with van der Waals surface area (Å²) in [7, 11) is -2.70. The number of hydrogen-bond donors (Lipinski definition) is 2. The number of carbonyl (C=O) groups excluding carboxylic acids is 1. The first kappa shape index (κ1) is 16.7. The van der Waals surface area contributed by atoms with Gasteiger partial charge in [-0.25, -0.2) is 17.9 Å². The Hall–Kier alpha value is -1.38. The van der Waals surface area contributed by atoms with E-state index >= 15 is 0 Å². The van der Waals surface area contributed by atoms with Gasteiger partial charge in [0, 0.05) is 12.6 Å². The highest BCUT2D eigenvalue weighted by molar-refractivity contribution is 7.89. The largest absolute Gasteiger partial charge is 0.465 e. The van der Waals surface area contributed by atoms with E-state index in [4.69, 9.17) is 10.2 Å². The summed E-state index contributed by atoms with van der Waals surface area (Å²) >= 11 is 0. The Bertz CT molecular complexity index is 591. The molecule has 1 aromatic rings. The summed E-state index contributed by atoms with van der Waals surface area (Å²) in [5, 5.41) is 0. The minimum atomic E-state index is -3.89. The van der Waals surface area contributed by atoms with Gasteiger partial charge >= 0.3 is 5.97 Å². The van der Waals surface area contributed by atoms with Crippen LogP contribution in [0.4, 0.5) is 0 Å². The van der Waals surface area contributed by atoms with Crippen molar-refractivity contribution in [3.8, 4) is 0 Å². The van der Waals surface area contributed by atoms with Crippen LogP contribution in [0.25, 0.3) is 0 Å². The third-order valence-corrected chi connectivity index (χ3v) is 4.50. The summed E-state index contributed by atoms with van der Waals surface area (Å²) < 4.78 is 36.8. The second-order valence-electron chi connectivity index (χ2n) is 4.43. The smallest absolute Gasteiger partial charge is 0.342 e. The molecule has 0 bridgehead atoms. The summed E-state index contributed by atoms with van der Waals surface area (Å²) in [6.45, 7) is 4.93. The van der Waals surface area contributed by atoms with E-state index in [0.29, 0.717) is 6.42 Å². The van der Waals surface area contributed by atoms with E-state index in [1.807, 2.05) is 6.92 Å². The van der Waals surface area contributed by atoms with Gasteiger partial charge in [0.25, 0.3) is 0 Å². The van der Waals surface area contributed by atoms with Crippen molar-refractivity contribution >= 4 is 16.0 Å². The van der Waals surface area contributed by atoms with Crippen LogP contribution in [0, 0.1) is 13.8 Å². The summed E-state index contributed by atoms with van der Waals surface area (Å²) in [5.41, 5.74) is 5.60. The van der Waals surface area contributed by atoms with Gasteiger partial charge in [-0.1, -0.05) is 6.92 Å². The van der Waals surface area contributed by atoms with Crippen molar-refractivity contribution in [3.05, 3.63) is 17.1 Å². The van der Waals surface area contributed by atoms with Gasteiger partial charge < -0.3 is 14.9 Å². The van der Waals surface area contributed by atoms with E-state index in [1.165, 1.54) is 21.0 Å². The SMILES string of the molecule is CCC(N)CNS(=O)(=O)c1c(C)oc(C)c1C(=O)OC. The molecule has 1 heterocycles. The number of rotatable bonds is 6. The van der Waals surface area contributed by atoms with Crippen LogP contribution in [0.5, 0.6) is 0 Å². The maximum atomic E-state index is 12.3. The van der Waals surface area contributed by atoms with Crippen LogP contribution in [0.2, 0.25) is 0 Å². The summed E-state index contributed by atoms with van der Waals surface area (Å²) in [4.78, 5) is 11.5. The molecule has 0 amide bonds. The van der Waals surface area contributed by atoms with E-state index in [9.17, 15) is 13.2 Å². The molecule has 1 unspecified atom stereocenters. The summed E-state index contributed by atoms with van der Waals surface area (Å²) in [6, 6.07) is -0.292. The molecule has 0 saturated carbocycles. The Morgan fingerprint density at radius 1 is 1.40 bits per heavy atom. The number of hydrogen-bond acceptors (Lipinski definition) is 6. The van der Waals surface area contributed by atoms with Crippen molar-refractivity contribution in [2.45, 2.75) is 38.1 Å². The van der Waals surface area contributed by atoms with Gasteiger partial charge in [-0.2, -0.15) is 0 Å². The van der Waals surface area contributed by atoms with E-state index in [-0.39, 0.29) is 34.6 Å². The quantitative estimate of drug-likeness (QED) is 0.748. The molecule has 7 nitrogen and oxygen atoms in total. The normalized spacial score (nSPS) is 13.2. The fourth-order valence-electron chi connectivity index (χ4n) is 1.76. The van der Waals surface area contributed by atoms with E-state index in [1.54, 1.807) is 0 Å². The lowest BCUT2D eigenvalue weighted by molar-refractivity contribution is 0.0595. The molecule has 0 aliphatic rings. The maximum Gasteiger partial charge on any atom is 0.342 e. The molecule has 8 heteroatoms. The first-order chi connectivity index (χ1) is 9.24. The van der Waals surface area contributed by atoms with Crippen LogP contribution >= 0.6 is 0 Å². The first-order valence-electron chi connectivity index (χ1n) is 6.18. The molecule has 0 fully saturated rings. The van der Waals surface area contributed by atoms with Crippen LogP contribution in [-0.4, -0.2) is 34.1 Å². The van der Waals surface area contributed by atoms with Crippen LogP contribution in [0.3, 0.4) is 0 Å². The highest BCUT2D eigenvalue weighted by Gasteiger charge is 2.31. The zero-order valence-corrected chi connectivity index (χ0v) is 12.8. The van der Waals surface area contributed by atoms with E-state index in [0.717, 1.165) is 0 Å². The fourth-order valence-corrected chi connectivity index (χ4v) is 3.25. The molecule has 0 spiro atoms. The molecular formula is C12H20N2O5S. The molecule has 3 N–H and O–H groups in total. The highest BCUT2D eigenvalue weighted by Crippen LogP contribution is 2.27. The molecule has 20 heavy (non-hydrogen) atoms. The zero-order valence-electron chi connectivity index (χ0n) is 12.0. The number of furan rings is 1.